The van der Waals surface area contributed by atoms with Crippen molar-refractivity contribution < 1.29 is 68.2 Å². The summed E-state index contributed by atoms with van der Waals surface area (Å²) in [6.07, 6.45) is 28.3. The third-order valence-electron chi connectivity index (χ3n) is 10.3. The number of phosphoric ester groups is 1. The van der Waals surface area contributed by atoms with Crippen molar-refractivity contribution in [3.8, 4) is 0 Å². The minimum absolute atomic E-state index is 0.0714. The maximum absolute atomic E-state index is 12.8. The topological polar surface area (TPSA) is 230 Å². The van der Waals surface area contributed by atoms with Crippen molar-refractivity contribution in [1.82, 2.24) is 0 Å². The molecule has 7 N–H and O–H groups in total. The predicted molar refractivity (Wildman–Crippen MR) is 241 cm³/mol. The molecule has 1 rings (SSSR count). The minimum atomic E-state index is -5.14. The van der Waals surface area contributed by atoms with Crippen LogP contribution in [0.2, 0.25) is 0 Å². The third kappa shape index (κ3) is 29.8. The molecule has 0 heterocycles. The van der Waals surface area contributed by atoms with Gasteiger partial charge in [-0.05, 0) is 90.4 Å². The van der Waals surface area contributed by atoms with Gasteiger partial charge in [0, 0.05) is 12.8 Å². The summed E-state index contributed by atoms with van der Waals surface area (Å²) in [5, 5.41) is 59.4. The number of esters is 2. The van der Waals surface area contributed by atoms with E-state index in [1.807, 2.05) is 12.2 Å². The molecule has 0 aromatic heterocycles. The molecule has 0 aromatic carbocycles. The van der Waals surface area contributed by atoms with Crippen molar-refractivity contribution in [1.29, 1.82) is 0 Å². The lowest BCUT2D eigenvalue weighted by molar-refractivity contribution is -0.220. The van der Waals surface area contributed by atoms with Gasteiger partial charge in [-0.25, -0.2) is 4.57 Å². The lowest BCUT2D eigenvalue weighted by Gasteiger charge is -2.41. The van der Waals surface area contributed by atoms with Gasteiger partial charge < -0.3 is 45.0 Å². The van der Waals surface area contributed by atoms with E-state index in [0.717, 1.165) is 89.9 Å². The van der Waals surface area contributed by atoms with Gasteiger partial charge in [0.2, 0.25) is 0 Å². The Morgan fingerprint density at radius 2 is 1.00 bits per heavy atom. The highest BCUT2D eigenvalue weighted by Gasteiger charge is 2.51. The van der Waals surface area contributed by atoms with Crippen LogP contribution in [0.4, 0.5) is 0 Å². The van der Waals surface area contributed by atoms with Crippen LogP contribution < -0.4 is 0 Å². The van der Waals surface area contributed by atoms with Crippen LogP contribution in [0.25, 0.3) is 0 Å². The van der Waals surface area contributed by atoms with Gasteiger partial charge in [0.05, 0.1) is 12.7 Å². The molecule has 14 nitrogen and oxygen atoms in total. The smallest absolute Gasteiger partial charge is 0.462 e. The lowest BCUT2D eigenvalue weighted by Crippen LogP contribution is -2.64. The molecule has 358 valence electrons. The van der Waals surface area contributed by atoms with Gasteiger partial charge in [-0.1, -0.05) is 119 Å². The third-order valence-corrected chi connectivity index (χ3v) is 11.3. The van der Waals surface area contributed by atoms with Crippen LogP contribution in [0.5, 0.6) is 0 Å². The average molecular weight is 901 g/mol. The molecule has 15 heteroatoms. The molecule has 0 aromatic rings. The number of aliphatic hydroxyl groups is 6. The molecule has 0 aliphatic heterocycles. The second-order valence-electron chi connectivity index (χ2n) is 16.2. The fourth-order valence-corrected chi connectivity index (χ4v) is 7.56. The molecule has 3 unspecified atom stereocenters. The van der Waals surface area contributed by atoms with Crippen molar-refractivity contribution >= 4 is 19.8 Å². The van der Waals surface area contributed by atoms with Crippen LogP contribution >= 0.6 is 7.82 Å². The van der Waals surface area contributed by atoms with Crippen molar-refractivity contribution in [2.45, 2.75) is 210 Å². The van der Waals surface area contributed by atoms with Gasteiger partial charge in [-0.15, -0.1) is 0 Å². The summed E-state index contributed by atoms with van der Waals surface area (Å²) in [4.78, 5) is 35.7. The fraction of sp³-hybridized carbons (Fsp3) is 0.745. The van der Waals surface area contributed by atoms with Crippen molar-refractivity contribution in [2.24, 2.45) is 0 Å². The first-order valence-corrected chi connectivity index (χ1v) is 24.6. The van der Waals surface area contributed by atoms with Crippen LogP contribution in [-0.2, 0) is 32.7 Å². The van der Waals surface area contributed by atoms with Crippen LogP contribution in [0, 0.1) is 0 Å². The van der Waals surface area contributed by atoms with E-state index >= 15 is 0 Å². The van der Waals surface area contributed by atoms with E-state index in [-0.39, 0.29) is 18.9 Å². The second-order valence-corrected chi connectivity index (χ2v) is 17.6. The first-order chi connectivity index (χ1) is 29.8. The molecule has 1 aliphatic carbocycles. The molecule has 0 bridgehead atoms. The van der Waals surface area contributed by atoms with E-state index in [1.54, 1.807) is 6.92 Å². The van der Waals surface area contributed by atoms with Gasteiger partial charge in [0.25, 0.3) is 0 Å². The summed E-state index contributed by atoms with van der Waals surface area (Å²) < 4.78 is 33.4. The Kier molecular flexibility index (Phi) is 34.2. The van der Waals surface area contributed by atoms with Gasteiger partial charge >= 0.3 is 19.8 Å². The van der Waals surface area contributed by atoms with E-state index in [0.29, 0.717) is 19.3 Å². The molecule has 9 atom stereocenters. The number of hydrogen-bond donors (Lipinski definition) is 7. The number of allylic oxidation sites excluding steroid dienone is 10. The van der Waals surface area contributed by atoms with Gasteiger partial charge in [-0.2, -0.15) is 0 Å². The highest BCUT2D eigenvalue weighted by Crippen LogP contribution is 2.47. The zero-order valence-corrected chi connectivity index (χ0v) is 38.4. The Balaban J connectivity index is 2.50. The normalized spacial score (nSPS) is 22.9. The minimum Gasteiger partial charge on any atom is -0.462 e. The summed E-state index contributed by atoms with van der Waals surface area (Å²) in [5.74, 6) is -1.19. The number of rotatable bonds is 37. The lowest BCUT2D eigenvalue weighted by atomic mass is 9.85. The predicted octanol–water partition coefficient (Wildman–Crippen LogP) is 7.92. The highest BCUT2D eigenvalue weighted by atomic mass is 31.2. The van der Waals surface area contributed by atoms with Gasteiger partial charge in [0.15, 0.2) is 6.10 Å². The largest absolute Gasteiger partial charge is 0.472 e. The molecule has 0 amide bonds. The Hall–Kier alpha value is -2.49. The zero-order chi connectivity index (χ0) is 45.9. The summed E-state index contributed by atoms with van der Waals surface area (Å²) in [5.41, 5.74) is 0. The molecule has 0 radical (unpaired) electrons. The van der Waals surface area contributed by atoms with Crippen LogP contribution in [0.3, 0.4) is 0 Å². The molecule has 1 fully saturated rings. The number of carbonyl (C=O) groups is 2. The quantitative estimate of drug-likeness (QED) is 0.0136. The van der Waals surface area contributed by atoms with E-state index in [2.05, 4.69) is 55.5 Å². The number of hydrogen-bond acceptors (Lipinski definition) is 13. The van der Waals surface area contributed by atoms with E-state index < -0.39 is 75.7 Å². The molecule has 0 spiro atoms. The van der Waals surface area contributed by atoms with Crippen LogP contribution in [0.15, 0.2) is 60.8 Å². The Bertz CT molecular complexity index is 1330. The molecular formula is C47H81O14P. The van der Waals surface area contributed by atoms with E-state index in [1.165, 1.54) is 25.7 Å². The van der Waals surface area contributed by atoms with Crippen molar-refractivity contribution in [3.63, 3.8) is 0 Å². The van der Waals surface area contributed by atoms with Crippen LogP contribution in [0.1, 0.15) is 162 Å². The first kappa shape index (κ1) is 57.5. The zero-order valence-electron chi connectivity index (χ0n) is 37.5. The number of ether oxygens (including phenoxy) is 2. The fourth-order valence-electron chi connectivity index (χ4n) is 6.59. The molecular weight excluding hydrogens is 819 g/mol. The van der Waals surface area contributed by atoms with Crippen LogP contribution in [-0.4, -0.2) is 110 Å². The van der Waals surface area contributed by atoms with Crippen molar-refractivity contribution in [2.75, 3.05) is 13.2 Å². The number of carbonyl (C=O) groups excluding carboxylic acids is 2. The number of phosphoric acid groups is 1. The maximum atomic E-state index is 12.8. The van der Waals surface area contributed by atoms with E-state index in [4.69, 9.17) is 18.5 Å². The summed E-state index contributed by atoms with van der Waals surface area (Å²) in [6, 6.07) is 0. The SMILES string of the molecule is CCCCCC/C=C\CCCCCCCCCC(=O)O[C@H](COC(=O)CCC/C=C\C/C=C\C/C=C\C/C=C\CCC[C@@H](C)O)COP(=O)(O)OC1[C@H](O)[C@H](O)C(O)[C@H](O)[C@H]1O. The molecule has 0 saturated heterocycles. The Labute approximate surface area is 371 Å². The summed E-state index contributed by atoms with van der Waals surface area (Å²) in [7, 11) is -5.14. The standard InChI is InChI=1S/C47H81O14P/c1-3-4-5-6-7-8-9-10-12-17-20-23-26-29-32-35-41(50)60-39(37-59-62(56,57)61-47-45(54)43(52)42(51)44(53)46(47)55)36-58-40(49)34-31-28-25-22-19-16-14-11-13-15-18-21-24-27-30-33-38(2)48/h8-9,13-16,21-22,24-25,38-39,42-48,51-55H,3-7,10-12,17-20,23,26-37H2,1-2H3,(H,56,57)/b9-8-,15-13-,16-14-,24-21-,25-22-/t38-,39-,42?,43-,44+,45-,46-,47?/m1/s1. The summed E-state index contributed by atoms with van der Waals surface area (Å²) in [6.45, 7) is 2.78. The average Bonchev–Trinajstić information content (AvgIpc) is 3.24. The molecule has 1 saturated carbocycles. The summed E-state index contributed by atoms with van der Waals surface area (Å²) >= 11 is 0. The van der Waals surface area contributed by atoms with Gasteiger partial charge in [0.1, 0.15) is 43.2 Å². The maximum Gasteiger partial charge on any atom is 0.472 e. The molecule has 1 aliphatic rings. The first-order valence-electron chi connectivity index (χ1n) is 23.1. The monoisotopic (exact) mass is 901 g/mol. The Morgan fingerprint density at radius 1 is 0.565 bits per heavy atom. The molecule has 62 heavy (non-hydrogen) atoms. The number of aliphatic hydroxyl groups excluding tert-OH is 6. The second kappa shape index (κ2) is 36.8. The van der Waals surface area contributed by atoms with Gasteiger partial charge in [-0.3, -0.25) is 18.6 Å². The highest BCUT2D eigenvalue weighted by molar-refractivity contribution is 7.47. The van der Waals surface area contributed by atoms with E-state index in [9.17, 15) is 49.7 Å². The van der Waals surface area contributed by atoms with Crippen molar-refractivity contribution in [3.05, 3.63) is 60.8 Å². The Morgan fingerprint density at radius 3 is 1.55 bits per heavy atom. The number of unbranched alkanes of at least 4 members (excludes halogenated alkanes) is 13.